The summed E-state index contributed by atoms with van der Waals surface area (Å²) >= 11 is 9.63. The van der Waals surface area contributed by atoms with Crippen LogP contribution in [0.2, 0.25) is 5.02 Å². The van der Waals surface area contributed by atoms with Crippen molar-refractivity contribution in [3.63, 3.8) is 0 Å². The molecule has 180 valence electrons. The number of hydrogen-bond donors (Lipinski definition) is 1. The summed E-state index contributed by atoms with van der Waals surface area (Å²) in [6.07, 6.45) is 1.78. The van der Waals surface area contributed by atoms with Gasteiger partial charge in [0.15, 0.2) is 0 Å². The Hall–Kier alpha value is -2.10. The van der Waals surface area contributed by atoms with E-state index in [1.54, 1.807) is 55.5 Å². The van der Waals surface area contributed by atoms with Crippen LogP contribution in [0.1, 0.15) is 32.8 Å². The molecule has 0 aromatic heterocycles. The predicted molar refractivity (Wildman–Crippen MR) is 136 cm³/mol. The summed E-state index contributed by atoms with van der Waals surface area (Å²) in [4.78, 5) is 27.7. The molecule has 2 aromatic carbocycles. The number of benzene rings is 2. The first-order valence-corrected chi connectivity index (χ1v) is 13.5. The normalized spacial score (nSPS) is 13.2. The molecule has 2 atom stereocenters. The highest BCUT2D eigenvalue weighted by atomic mass is 79.9. The van der Waals surface area contributed by atoms with E-state index in [0.29, 0.717) is 16.3 Å². The summed E-state index contributed by atoms with van der Waals surface area (Å²) in [5.41, 5.74) is 1.01. The van der Waals surface area contributed by atoms with Gasteiger partial charge in [-0.2, -0.15) is 0 Å². The standard InChI is InChI=1S/C23H29BrClN3O4S/c1-5-16(2)26-23(30)17(3)27(14-18-8-6-7-9-21(18)25)22(29)15-28(33(4,31)32)20-12-10-19(24)11-13-20/h6-13,16-17H,5,14-15H2,1-4H3,(H,26,30)/t16-,17-/m0/s1. The molecule has 0 bridgehead atoms. The van der Waals surface area contributed by atoms with Crippen molar-refractivity contribution < 1.29 is 18.0 Å². The number of rotatable bonds is 10. The van der Waals surface area contributed by atoms with Crippen LogP contribution in [0.25, 0.3) is 0 Å². The van der Waals surface area contributed by atoms with E-state index in [1.807, 2.05) is 13.8 Å². The first kappa shape index (κ1) is 27.1. The molecule has 1 N–H and O–H groups in total. The number of carbonyl (C=O) groups excluding carboxylic acids is 2. The molecular formula is C23H29BrClN3O4S. The van der Waals surface area contributed by atoms with Crippen LogP contribution in [-0.4, -0.2) is 50.0 Å². The lowest BCUT2D eigenvalue weighted by Gasteiger charge is -2.32. The van der Waals surface area contributed by atoms with E-state index in [2.05, 4.69) is 21.2 Å². The lowest BCUT2D eigenvalue weighted by Crippen LogP contribution is -2.52. The molecule has 0 aliphatic carbocycles. The van der Waals surface area contributed by atoms with Gasteiger partial charge in [0.05, 0.1) is 11.9 Å². The Morgan fingerprint density at radius 3 is 2.24 bits per heavy atom. The number of anilines is 1. The van der Waals surface area contributed by atoms with Gasteiger partial charge in [-0.05, 0) is 56.2 Å². The average Bonchev–Trinajstić information content (AvgIpc) is 2.76. The van der Waals surface area contributed by atoms with Crippen LogP contribution in [0.3, 0.4) is 0 Å². The summed E-state index contributed by atoms with van der Waals surface area (Å²) in [6, 6.07) is 12.7. The minimum absolute atomic E-state index is 0.0611. The maximum atomic E-state index is 13.4. The van der Waals surface area contributed by atoms with Crippen LogP contribution in [-0.2, 0) is 26.2 Å². The zero-order chi connectivity index (χ0) is 24.8. The van der Waals surface area contributed by atoms with Crippen molar-refractivity contribution in [2.45, 2.75) is 45.8 Å². The van der Waals surface area contributed by atoms with Crippen LogP contribution in [0.15, 0.2) is 53.0 Å². The molecule has 0 unspecified atom stereocenters. The second-order valence-electron chi connectivity index (χ2n) is 7.85. The molecule has 0 saturated carbocycles. The van der Waals surface area contributed by atoms with E-state index in [1.165, 1.54) is 4.90 Å². The van der Waals surface area contributed by atoms with Gasteiger partial charge in [0.1, 0.15) is 12.6 Å². The van der Waals surface area contributed by atoms with Gasteiger partial charge in [0, 0.05) is 22.1 Å². The fraction of sp³-hybridized carbons (Fsp3) is 0.391. The van der Waals surface area contributed by atoms with Crippen LogP contribution >= 0.6 is 27.5 Å². The highest BCUT2D eigenvalue weighted by Crippen LogP contribution is 2.23. The van der Waals surface area contributed by atoms with Crippen molar-refractivity contribution >= 4 is 55.1 Å². The first-order valence-electron chi connectivity index (χ1n) is 10.5. The molecule has 33 heavy (non-hydrogen) atoms. The molecule has 0 fully saturated rings. The molecule has 2 aromatic rings. The smallest absolute Gasteiger partial charge is 0.244 e. The molecular weight excluding hydrogens is 530 g/mol. The third-order valence-electron chi connectivity index (χ3n) is 5.26. The fourth-order valence-corrected chi connectivity index (χ4v) is 4.39. The number of amides is 2. The molecule has 0 aliphatic rings. The molecule has 0 heterocycles. The Labute approximate surface area is 209 Å². The van der Waals surface area contributed by atoms with E-state index in [-0.39, 0.29) is 18.5 Å². The van der Waals surface area contributed by atoms with Gasteiger partial charge in [-0.1, -0.05) is 52.7 Å². The summed E-state index contributed by atoms with van der Waals surface area (Å²) in [5.74, 6) is -0.839. The van der Waals surface area contributed by atoms with Crippen molar-refractivity contribution in [3.05, 3.63) is 63.6 Å². The zero-order valence-electron chi connectivity index (χ0n) is 19.1. The van der Waals surface area contributed by atoms with Crippen molar-refractivity contribution in [3.8, 4) is 0 Å². The Morgan fingerprint density at radius 2 is 1.70 bits per heavy atom. The minimum Gasteiger partial charge on any atom is -0.352 e. The fourth-order valence-electron chi connectivity index (χ4n) is 3.08. The van der Waals surface area contributed by atoms with E-state index in [0.717, 1.165) is 21.5 Å². The highest BCUT2D eigenvalue weighted by Gasteiger charge is 2.30. The SMILES string of the molecule is CC[C@H](C)NC(=O)[C@H](C)N(Cc1ccccc1Cl)C(=O)CN(c1ccc(Br)cc1)S(C)(=O)=O. The summed E-state index contributed by atoms with van der Waals surface area (Å²) in [7, 11) is -3.77. The van der Waals surface area contributed by atoms with Gasteiger partial charge in [0.2, 0.25) is 21.8 Å². The van der Waals surface area contributed by atoms with Crippen LogP contribution in [0.5, 0.6) is 0 Å². The van der Waals surface area contributed by atoms with Crippen LogP contribution in [0.4, 0.5) is 5.69 Å². The van der Waals surface area contributed by atoms with E-state index in [4.69, 9.17) is 11.6 Å². The zero-order valence-corrected chi connectivity index (χ0v) is 22.2. The monoisotopic (exact) mass is 557 g/mol. The molecule has 7 nitrogen and oxygen atoms in total. The predicted octanol–water partition coefficient (Wildman–Crippen LogP) is 4.20. The number of nitrogens with zero attached hydrogens (tertiary/aromatic N) is 2. The van der Waals surface area contributed by atoms with Gasteiger partial charge in [-0.15, -0.1) is 0 Å². The Morgan fingerprint density at radius 1 is 1.09 bits per heavy atom. The van der Waals surface area contributed by atoms with Crippen molar-refractivity contribution in [1.29, 1.82) is 0 Å². The van der Waals surface area contributed by atoms with Gasteiger partial charge >= 0.3 is 0 Å². The second-order valence-corrected chi connectivity index (χ2v) is 11.1. The Kier molecular flexibility index (Phi) is 9.75. The van der Waals surface area contributed by atoms with E-state index < -0.39 is 28.5 Å². The highest BCUT2D eigenvalue weighted by molar-refractivity contribution is 9.10. The molecule has 2 amide bonds. The van der Waals surface area contributed by atoms with Gasteiger partial charge in [0.25, 0.3) is 0 Å². The van der Waals surface area contributed by atoms with Gasteiger partial charge in [-0.25, -0.2) is 8.42 Å². The maximum absolute atomic E-state index is 13.4. The minimum atomic E-state index is -3.77. The number of sulfonamides is 1. The largest absolute Gasteiger partial charge is 0.352 e. The first-order chi connectivity index (χ1) is 15.4. The molecule has 0 saturated heterocycles. The van der Waals surface area contributed by atoms with Gasteiger partial charge < -0.3 is 10.2 Å². The molecule has 0 spiro atoms. The number of carbonyl (C=O) groups is 2. The Bertz CT molecular complexity index is 1080. The molecule has 2 rings (SSSR count). The Balaban J connectivity index is 2.39. The second kappa shape index (κ2) is 11.9. The third kappa shape index (κ3) is 7.72. The van der Waals surface area contributed by atoms with Crippen molar-refractivity contribution in [1.82, 2.24) is 10.2 Å². The molecule has 0 radical (unpaired) electrons. The maximum Gasteiger partial charge on any atom is 0.244 e. The number of nitrogens with one attached hydrogen (secondary N) is 1. The van der Waals surface area contributed by atoms with E-state index in [9.17, 15) is 18.0 Å². The van der Waals surface area contributed by atoms with E-state index >= 15 is 0 Å². The molecule has 0 aliphatic heterocycles. The van der Waals surface area contributed by atoms with Crippen LogP contribution in [0, 0.1) is 0 Å². The quantitative estimate of drug-likeness (QED) is 0.474. The van der Waals surface area contributed by atoms with Crippen molar-refractivity contribution in [2.75, 3.05) is 17.1 Å². The summed E-state index contributed by atoms with van der Waals surface area (Å²) in [5, 5.41) is 3.34. The van der Waals surface area contributed by atoms with Crippen LogP contribution < -0.4 is 9.62 Å². The molecule has 10 heteroatoms. The van der Waals surface area contributed by atoms with Gasteiger partial charge in [-0.3, -0.25) is 13.9 Å². The number of halogens is 2. The lowest BCUT2D eigenvalue weighted by molar-refractivity contribution is -0.139. The third-order valence-corrected chi connectivity index (χ3v) is 7.30. The topological polar surface area (TPSA) is 86.8 Å². The lowest BCUT2D eigenvalue weighted by atomic mass is 10.1. The average molecular weight is 559 g/mol. The summed E-state index contributed by atoms with van der Waals surface area (Å²) < 4.78 is 26.8. The summed E-state index contributed by atoms with van der Waals surface area (Å²) in [6.45, 7) is 5.06. The number of hydrogen-bond acceptors (Lipinski definition) is 4. The van der Waals surface area contributed by atoms with Crippen molar-refractivity contribution in [2.24, 2.45) is 0 Å².